The molecule has 0 aliphatic heterocycles. The molecule has 1 aromatic heterocycles. The van der Waals surface area contributed by atoms with Crippen LogP contribution in [0.3, 0.4) is 0 Å². The molecule has 33 heavy (non-hydrogen) atoms. The van der Waals surface area contributed by atoms with Gasteiger partial charge in [-0.2, -0.15) is 0 Å². The summed E-state index contributed by atoms with van der Waals surface area (Å²) in [6.45, 7) is 1.59. The number of nitrogens with one attached hydrogen (secondary N) is 3. The van der Waals surface area contributed by atoms with Gasteiger partial charge in [0.25, 0.3) is 5.91 Å². The second-order valence-electron chi connectivity index (χ2n) is 7.53. The largest absolute Gasteiger partial charge is 0.483 e. The van der Waals surface area contributed by atoms with Crippen LogP contribution in [0.1, 0.15) is 24.8 Å². The summed E-state index contributed by atoms with van der Waals surface area (Å²) in [7, 11) is 0. The van der Waals surface area contributed by atoms with Crippen LogP contribution in [0.4, 0.5) is 4.79 Å². The van der Waals surface area contributed by atoms with Crippen molar-refractivity contribution in [1.29, 1.82) is 0 Å². The summed E-state index contributed by atoms with van der Waals surface area (Å²) in [4.78, 5) is 27.9. The Labute approximate surface area is 194 Å². The monoisotopic (exact) mass is 446 g/mol. The normalized spacial score (nSPS) is 10.3. The van der Waals surface area contributed by atoms with Gasteiger partial charge in [-0.3, -0.25) is 9.78 Å². The number of nitrogens with zero attached hydrogens (tertiary/aromatic N) is 1. The Hall–Kier alpha value is -3.87. The van der Waals surface area contributed by atoms with E-state index in [9.17, 15) is 9.59 Å². The number of pyridine rings is 1. The number of benzene rings is 2. The summed E-state index contributed by atoms with van der Waals surface area (Å²) in [6, 6.07) is 21.2. The first-order chi connectivity index (χ1) is 16.2. The molecule has 3 amide bonds. The van der Waals surface area contributed by atoms with Gasteiger partial charge in [-0.25, -0.2) is 4.79 Å². The molecule has 7 heteroatoms. The lowest BCUT2D eigenvalue weighted by atomic mass is 10.1. The van der Waals surface area contributed by atoms with E-state index in [1.807, 2.05) is 66.7 Å². The highest BCUT2D eigenvalue weighted by molar-refractivity contribution is 5.78. The summed E-state index contributed by atoms with van der Waals surface area (Å²) in [5, 5.41) is 8.51. The zero-order chi connectivity index (χ0) is 23.1. The van der Waals surface area contributed by atoms with Crippen LogP contribution in [-0.4, -0.2) is 36.6 Å². The van der Waals surface area contributed by atoms with Crippen molar-refractivity contribution in [3.63, 3.8) is 0 Å². The van der Waals surface area contributed by atoms with Crippen LogP contribution in [-0.2, 0) is 11.3 Å². The second-order valence-corrected chi connectivity index (χ2v) is 7.53. The van der Waals surface area contributed by atoms with Crippen LogP contribution < -0.4 is 20.7 Å². The predicted molar refractivity (Wildman–Crippen MR) is 129 cm³/mol. The molecule has 0 saturated heterocycles. The molecular formula is C26H30N4O3. The fourth-order valence-corrected chi connectivity index (χ4v) is 3.25. The van der Waals surface area contributed by atoms with Gasteiger partial charge in [-0.1, -0.05) is 54.6 Å². The van der Waals surface area contributed by atoms with Crippen LogP contribution in [0.25, 0.3) is 11.1 Å². The Morgan fingerprint density at radius 2 is 1.55 bits per heavy atom. The average Bonchev–Trinajstić information content (AvgIpc) is 2.87. The molecule has 0 saturated carbocycles. The number of aromatic nitrogens is 1. The third-order valence-electron chi connectivity index (χ3n) is 4.97. The smallest absolute Gasteiger partial charge is 0.315 e. The van der Waals surface area contributed by atoms with Crippen LogP contribution in [0.5, 0.6) is 5.75 Å². The number of unbranched alkanes of at least 4 members (excludes halogenated alkanes) is 2. The van der Waals surface area contributed by atoms with Crippen molar-refractivity contribution >= 4 is 11.9 Å². The predicted octanol–water partition coefficient (Wildman–Crippen LogP) is 3.91. The van der Waals surface area contributed by atoms with Crippen LogP contribution in [0.15, 0.2) is 79.1 Å². The SMILES string of the molecule is O=C(COc1ccccc1-c1ccccc1)NCCCCCNC(=O)NCc1cccnc1. The molecule has 3 rings (SSSR count). The molecule has 172 valence electrons. The Balaban J connectivity index is 1.24. The van der Waals surface area contributed by atoms with Crippen molar-refractivity contribution < 1.29 is 14.3 Å². The van der Waals surface area contributed by atoms with E-state index in [0.717, 1.165) is 36.0 Å². The van der Waals surface area contributed by atoms with Gasteiger partial charge in [-0.15, -0.1) is 0 Å². The van der Waals surface area contributed by atoms with Gasteiger partial charge in [0.1, 0.15) is 5.75 Å². The molecule has 0 radical (unpaired) electrons. The maximum atomic E-state index is 12.1. The summed E-state index contributed by atoms with van der Waals surface area (Å²) in [5.41, 5.74) is 2.96. The minimum atomic E-state index is -0.194. The quantitative estimate of drug-likeness (QED) is 0.368. The van der Waals surface area contributed by atoms with E-state index >= 15 is 0 Å². The number of amides is 3. The summed E-state index contributed by atoms with van der Waals surface area (Å²) in [5.74, 6) is 0.539. The van der Waals surface area contributed by atoms with Crippen LogP contribution >= 0.6 is 0 Å². The molecule has 0 bridgehead atoms. The lowest BCUT2D eigenvalue weighted by molar-refractivity contribution is -0.123. The minimum Gasteiger partial charge on any atom is -0.483 e. The van der Waals surface area contributed by atoms with Gasteiger partial charge in [0.2, 0.25) is 0 Å². The first-order valence-electron chi connectivity index (χ1n) is 11.2. The van der Waals surface area contributed by atoms with Crippen molar-refractivity contribution in [3.05, 3.63) is 84.7 Å². The van der Waals surface area contributed by atoms with Crippen LogP contribution in [0, 0.1) is 0 Å². The van der Waals surface area contributed by atoms with Gasteiger partial charge in [0, 0.05) is 37.6 Å². The van der Waals surface area contributed by atoms with E-state index in [0.29, 0.717) is 25.4 Å². The Kier molecular flexibility index (Phi) is 9.75. The Bertz CT molecular complexity index is 997. The molecule has 0 atom stereocenters. The molecule has 1 heterocycles. The van der Waals surface area contributed by atoms with E-state index in [1.165, 1.54) is 0 Å². The molecule has 2 aromatic carbocycles. The van der Waals surface area contributed by atoms with E-state index in [1.54, 1.807) is 12.4 Å². The van der Waals surface area contributed by atoms with Gasteiger partial charge < -0.3 is 20.7 Å². The molecule has 7 nitrogen and oxygen atoms in total. The molecule has 0 spiro atoms. The van der Waals surface area contributed by atoms with Gasteiger partial charge in [0.05, 0.1) is 0 Å². The first-order valence-corrected chi connectivity index (χ1v) is 11.2. The van der Waals surface area contributed by atoms with Crippen molar-refractivity contribution in [2.45, 2.75) is 25.8 Å². The summed E-state index contributed by atoms with van der Waals surface area (Å²) in [6.07, 6.45) is 6.01. The maximum absolute atomic E-state index is 12.1. The third kappa shape index (κ3) is 8.65. The maximum Gasteiger partial charge on any atom is 0.315 e. The van der Waals surface area contributed by atoms with E-state index in [2.05, 4.69) is 20.9 Å². The van der Waals surface area contributed by atoms with Crippen molar-refractivity contribution in [3.8, 4) is 16.9 Å². The number of ether oxygens (including phenoxy) is 1. The fraction of sp³-hybridized carbons (Fsp3) is 0.269. The standard InChI is InChI=1S/C26H30N4O3/c31-25(20-33-24-14-6-5-13-23(24)22-11-3-1-4-12-22)28-16-7-2-8-17-29-26(32)30-19-21-10-9-15-27-18-21/h1,3-6,9-15,18H,2,7-8,16-17,19-20H2,(H,28,31)(H2,29,30,32). The Morgan fingerprint density at radius 1 is 0.788 bits per heavy atom. The number of urea groups is 1. The van der Waals surface area contributed by atoms with Gasteiger partial charge in [-0.05, 0) is 42.5 Å². The average molecular weight is 447 g/mol. The summed E-state index contributed by atoms with van der Waals surface area (Å²) < 4.78 is 5.76. The topological polar surface area (TPSA) is 92.4 Å². The van der Waals surface area contributed by atoms with Crippen molar-refractivity contribution in [1.82, 2.24) is 20.9 Å². The number of carbonyl (C=O) groups is 2. The highest BCUT2D eigenvalue weighted by atomic mass is 16.5. The van der Waals surface area contributed by atoms with E-state index in [4.69, 9.17) is 4.74 Å². The minimum absolute atomic E-state index is 0.0253. The number of para-hydroxylation sites is 1. The fourth-order valence-electron chi connectivity index (χ4n) is 3.25. The van der Waals surface area contributed by atoms with Crippen molar-refractivity contribution in [2.24, 2.45) is 0 Å². The summed E-state index contributed by atoms with van der Waals surface area (Å²) >= 11 is 0. The third-order valence-corrected chi connectivity index (χ3v) is 4.97. The zero-order valence-electron chi connectivity index (χ0n) is 18.6. The number of hydrogen-bond acceptors (Lipinski definition) is 4. The lowest BCUT2D eigenvalue weighted by Crippen LogP contribution is -2.35. The highest BCUT2D eigenvalue weighted by Crippen LogP contribution is 2.29. The molecule has 0 aliphatic carbocycles. The molecule has 3 N–H and O–H groups in total. The highest BCUT2D eigenvalue weighted by Gasteiger charge is 2.08. The van der Waals surface area contributed by atoms with Crippen molar-refractivity contribution in [2.75, 3.05) is 19.7 Å². The molecule has 0 aliphatic rings. The number of rotatable bonds is 12. The van der Waals surface area contributed by atoms with E-state index in [-0.39, 0.29) is 18.5 Å². The zero-order valence-corrected chi connectivity index (χ0v) is 18.6. The molecule has 3 aromatic rings. The molecular weight excluding hydrogens is 416 g/mol. The van der Waals surface area contributed by atoms with Crippen LogP contribution in [0.2, 0.25) is 0 Å². The molecule has 0 fully saturated rings. The van der Waals surface area contributed by atoms with Gasteiger partial charge >= 0.3 is 6.03 Å². The number of carbonyl (C=O) groups excluding carboxylic acids is 2. The first kappa shape index (κ1) is 23.8. The van der Waals surface area contributed by atoms with Gasteiger partial charge in [0.15, 0.2) is 6.61 Å². The second kappa shape index (κ2) is 13.5. The molecule has 0 unspecified atom stereocenters. The number of hydrogen-bond donors (Lipinski definition) is 3. The lowest BCUT2D eigenvalue weighted by Gasteiger charge is -2.12. The van der Waals surface area contributed by atoms with E-state index < -0.39 is 0 Å². The Morgan fingerprint density at radius 3 is 2.33 bits per heavy atom.